The van der Waals surface area contributed by atoms with Crippen molar-refractivity contribution in [1.29, 1.82) is 0 Å². The van der Waals surface area contributed by atoms with Crippen LogP contribution in [0.25, 0.3) is 11.0 Å². The topological polar surface area (TPSA) is 52.7 Å². The highest BCUT2D eigenvalue weighted by atomic mass is 32.1. The van der Waals surface area contributed by atoms with Crippen molar-refractivity contribution in [3.8, 4) is 0 Å². The Labute approximate surface area is 108 Å². The summed E-state index contributed by atoms with van der Waals surface area (Å²) in [6, 6.07) is 3.77. The number of carbonyl (C=O) groups is 1. The van der Waals surface area contributed by atoms with E-state index in [4.69, 9.17) is 0 Å². The van der Waals surface area contributed by atoms with Crippen molar-refractivity contribution >= 4 is 28.3 Å². The predicted molar refractivity (Wildman–Crippen MR) is 70.0 cm³/mol. The quantitative estimate of drug-likeness (QED) is 0.673. The Morgan fingerprint density at radius 1 is 1.33 bits per heavy atom. The van der Waals surface area contributed by atoms with Crippen molar-refractivity contribution in [3.05, 3.63) is 33.8 Å². The van der Waals surface area contributed by atoms with Gasteiger partial charge in [0.15, 0.2) is 0 Å². The Kier molecular flexibility index (Phi) is 2.34. The number of aryl methyl sites for hydroxylation is 3. The fraction of sp³-hybridized carbons (Fsp3) is 0.250. The summed E-state index contributed by atoms with van der Waals surface area (Å²) in [7, 11) is 1.85. The molecule has 0 N–H and O–H groups in total. The zero-order valence-electron chi connectivity index (χ0n) is 10.3. The minimum atomic E-state index is -0.0980. The highest BCUT2D eigenvalue weighted by molar-refractivity contribution is 7.14. The van der Waals surface area contributed by atoms with Crippen LogP contribution >= 0.6 is 11.3 Å². The van der Waals surface area contributed by atoms with E-state index in [0.29, 0.717) is 4.88 Å². The Morgan fingerprint density at radius 3 is 2.78 bits per heavy atom. The molecule has 0 spiro atoms. The lowest BCUT2D eigenvalue weighted by molar-refractivity contribution is 0.0954. The normalized spacial score (nSPS) is 11.3. The van der Waals surface area contributed by atoms with Crippen LogP contribution in [0.4, 0.5) is 0 Å². The number of thiophene rings is 1. The third-order valence-electron chi connectivity index (χ3n) is 2.88. The summed E-state index contributed by atoms with van der Waals surface area (Å²) in [5, 5.41) is 8.47. The number of rotatable bonds is 1. The van der Waals surface area contributed by atoms with E-state index in [1.165, 1.54) is 16.0 Å². The Hall–Kier alpha value is -1.95. The second kappa shape index (κ2) is 3.78. The number of hydrogen-bond donors (Lipinski definition) is 0. The van der Waals surface area contributed by atoms with Crippen molar-refractivity contribution in [1.82, 2.24) is 19.6 Å². The molecule has 0 fully saturated rings. The Balaban J connectivity index is 2.17. The smallest absolute Gasteiger partial charge is 0.266 e. The first kappa shape index (κ1) is 11.2. The van der Waals surface area contributed by atoms with Crippen molar-refractivity contribution in [2.75, 3.05) is 0 Å². The van der Waals surface area contributed by atoms with Gasteiger partial charge in [-0.25, -0.2) is 0 Å². The summed E-state index contributed by atoms with van der Waals surface area (Å²) in [5.41, 5.74) is 2.47. The molecule has 3 aromatic rings. The molecule has 3 heterocycles. The van der Waals surface area contributed by atoms with Gasteiger partial charge >= 0.3 is 0 Å². The molecule has 0 saturated heterocycles. The lowest BCUT2D eigenvalue weighted by Gasteiger charge is -1.98. The molecule has 6 heteroatoms. The SMILES string of the molecule is Cc1ccc(C(=O)n2ncc3c2c(C)nn3C)s1. The molecule has 0 unspecified atom stereocenters. The third-order valence-corrected chi connectivity index (χ3v) is 3.87. The summed E-state index contributed by atoms with van der Waals surface area (Å²) in [4.78, 5) is 14.2. The molecular formula is C12H12N4OS. The lowest BCUT2D eigenvalue weighted by Crippen LogP contribution is -2.12. The van der Waals surface area contributed by atoms with Gasteiger partial charge in [-0.15, -0.1) is 11.3 Å². The first-order chi connectivity index (χ1) is 8.58. The molecule has 0 atom stereocenters. The van der Waals surface area contributed by atoms with Crippen LogP contribution in [0.5, 0.6) is 0 Å². The fourth-order valence-electron chi connectivity index (χ4n) is 2.05. The van der Waals surface area contributed by atoms with Gasteiger partial charge in [0.25, 0.3) is 5.91 Å². The van der Waals surface area contributed by atoms with Crippen LogP contribution in [0.2, 0.25) is 0 Å². The average molecular weight is 260 g/mol. The zero-order chi connectivity index (χ0) is 12.9. The second-order valence-corrected chi connectivity index (χ2v) is 5.50. The van der Waals surface area contributed by atoms with E-state index in [2.05, 4.69) is 10.2 Å². The monoisotopic (exact) mass is 260 g/mol. The van der Waals surface area contributed by atoms with Crippen LogP contribution in [0, 0.1) is 13.8 Å². The number of carbonyl (C=O) groups excluding carboxylic acids is 1. The van der Waals surface area contributed by atoms with Crippen LogP contribution in [-0.4, -0.2) is 25.5 Å². The van der Waals surface area contributed by atoms with Gasteiger partial charge in [0.2, 0.25) is 0 Å². The second-order valence-electron chi connectivity index (χ2n) is 4.21. The predicted octanol–water partition coefficient (Wildman–Crippen LogP) is 2.14. The molecule has 0 aliphatic rings. The Morgan fingerprint density at radius 2 is 2.11 bits per heavy atom. The highest BCUT2D eigenvalue weighted by Gasteiger charge is 2.18. The number of nitrogens with zero attached hydrogens (tertiary/aromatic N) is 4. The molecule has 5 nitrogen and oxygen atoms in total. The summed E-state index contributed by atoms with van der Waals surface area (Å²) < 4.78 is 3.17. The minimum Gasteiger partial charge on any atom is -0.266 e. The lowest BCUT2D eigenvalue weighted by atomic mass is 10.3. The van der Waals surface area contributed by atoms with E-state index in [9.17, 15) is 4.79 Å². The molecule has 0 aromatic carbocycles. The van der Waals surface area contributed by atoms with Crippen molar-refractivity contribution in [2.24, 2.45) is 7.05 Å². The first-order valence-electron chi connectivity index (χ1n) is 5.56. The Bertz CT molecular complexity index is 749. The molecule has 0 saturated carbocycles. The van der Waals surface area contributed by atoms with Crippen LogP contribution in [0.3, 0.4) is 0 Å². The molecule has 0 aliphatic carbocycles. The maximum Gasteiger partial charge on any atom is 0.288 e. The fourth-order valence-corrected chi connectivity index (χ4v) is 2.84. The maximum atomic E-state index is 12.4. The van der Waals surface area contributed by atoms with Gasteiger partial charge in [0.1, 0.15) is 11.0 Å². The van der Waals surface area contributed by atoms with Gasteiger partial charge in [-0.2, -0.15) is 14.9 Å². The van der Waals surface area contributed by atoms with Crippen LogP contribution < -0.4 is 0 Å². The van der Waals surface area contributed by atoms with E-state index in [1.54, 1.807) is 10.9 Å². The first-order valence-corrected chi connectivity index (χ1v) is 6.38. The van der Waals surface area contributed by atoms with E-state index < -0.39 is 0 Å². The molecule has 3 rings (SSSR count). The van der Waals surface area contributed by atoms with Gasteiger partial charge in [-0.1, -0.05) is 0 Å². The molecular weight excluding hydrogens is 248 g/mol. The summed E-state index contributed by atoms with van der Waals surface area (Å²) >= 11 is 1.48. The summed E-state index contributed by atoms with van der Waals surface area (Å²) in [5.74, 6) is -0.0980. The van der Waals surface area contributed by atoms with Gasteiger partial charge < -0.3 is 0 Å². The third kappa shape index (κ3) is 1.49. The highest BCUT2D eigenvalue weighted by Crippen LogP contribution is 2.21. The molecule has 18 heavy (non-hydrogen) atoms. The molecule has 0 amide bonds. The van der Waals surface area contributed by atoms with Crippen molar-refractivity contribution < 1.29 is 4.79 Å². The standard InChI is InChI=1S/C12H12N4OS/c1-7-4-5-10(18-7)12(17)16-11-8(2)14-15(3)9(11)6-13-16/h4-6H,1-3H3. The van der Waals surface area contributed by atoms with Gasteiger partial charge in [0.05, 0.1) is 16.8 Å². The van der Waals surface area contributed by atoms with Crippen molar-refractivity contribution in [3.63, 3.8) is 0 Å². The van der Waals surface area contributed by atoms with Gasteiger partial charge in [0, 0.05) is 11.9 Å². The summed E-state index contributed by atoms with van der Waals surface area (Å²) in [6.07, 6.45) is 1.67. The minimum absolute atomic E-state index is 0.0980. The molecule has 92 valence electrons. The summed E-state index contributed by atoms with van der Waals surface area (Å²) in [6.45, 7) is 3.86. The van der Waals surface area contributed by atoms with E-state index in [1.807, 2.05) is 33.0 Å². The maximum absolute atomic E-state index is 12.4. The van der Waals surface area contributed by atoms with Gasteiger partial charge in [-0.3, -0.25) is 9.48 Å². The van der Waals surface area contributed by atoms with Crippen LogP contribution in [0.15, 0.2) is 18.3 Å². The van der Waals surface area contributed by atoms with E-state index in [-0.39, 0.29) is 5.91 Å². The molecule has 0 bridgehead atoms. The number of hydrogen-bond acceptors (Lipinski definition) is 4. The van der Waals surface area contributed by atoms with Crippen LogP contribution in [-0.2, 0) is 7.05 Å². The number of aromatic nitrogens is 4. The molecule has 3 aromatic heterocycles. The van der Waals surface area contributed by atoms with E-state index >= 15 is 0 Å². The largest absolute Gasteiger partial charge is 0.288 e. The van der Waals surface area contributed by atoms with Crippen molar-refractivity contribution in [2.45, 2.75) is 13.8 Å². The number of fused-ring (bicyclic) bond motifs is 1. The molecule has 0 aliphatic heterocycles. The van der Waals surface area contributed by atoms with E-state index in [0.717, 1.165) is 21.6 Å². The van der Waals surface area contributed by atoms with Gasteiger partial charge in [-0.05, 0) is 26.0 Å². The zero-order valence-corrected chi connectivity index (χ0v) is 11.2. The average Bonchev–Trinajstić information content (AvgIpc) is 2.98. The molecule has 0 radical (unpaired) electrons. The van der Waals surface area contributed by atoms with Crippen LogP contribution in [0.1, 0.15) is 20.2 Å².